The van der Waals surface area contributed by atoms with Gasteiger partial charge in [0, 0.05) is 33.9 Å². The first-order chi connectivity index (χ1) is 28.8. The van der Waals surface area contributed by atoms with E-state index in [1.165, 1.54) is 140 Å². The quantitative estimate of drug-likeness (QED) is 0.147. The number of benzene rings is 4. The lowest BCUT2D eigenvalue weighted by Crippen LogP contribution is -2.34. The van der Waals surface area contributed by atoms with Gasteiger partial charge in [-0.3, -0.25) is 0 Å². The predicted octanol–water partition coefficient (Wildman–Crippen LogP) is 13.5. The van der Waals surface area contributed by atoms with E-state index in [9.17, 15) is 0 Å². The molecule has 4 aromatic carbocycles. The van der Waals surface area contributed by atoms with Crippen LogP contribution in [0.5, 0.6) is 0 Å². The first-order valence-electron chi connectivity index (χ1n) is 23.1. The van der Waals surface area contributed by atoms with Crippen molar-refractivity contribution in [2.45, 2.75) is 114 Å². The summed E-state index contributed by atoms with van der Waals surface area (Å²) in [6, 6.07) is 36.0. The fraction of sp³-hybridized carbons (Fsp3) is 0.491. The van der Waals surface area contributed by atoms with Gasteiger partial charge < -0.3 is 9.80 Å². The third-order valence-electron chi connectivity index (χ3n) is 13.8. The summed E-state index contributed by atoms with van der Waals surface area (Å²) in [5.41, 5.74) is 12.2. The highest BCUT2D eigenvalue weighted by molar-refractivity contribution is 8.00. The van der Waals surface area contributed by atoms with Gasteiger partial charge in [0.15, 0.2) is 0 Å². The first-order valence-corrected chi connectivity index (χ1v) is 25.0. The lowest BCUT2D eigenvalue weighted by atomic mass is 9.89. The Balaban J connectivity index is 0.000000179. The summed E-state index contributed by atoms with van der Waals surface area (Å²) in [4.78, 5) is 8.36. The van der Waals surface area contributed by atoms with E-state index in [0.717, 1.165) is 24.7 Å². The van der Waals surface area contributed by atoms with Gasteiger partial charge in [-0.1, -0.05) is 140 Å². The molecule has 0 bridgehead atoms. The fourth-order valence-electron chi connectivity index (χ4n) is 9.77. The molecule has 4 aromatic rings. The molecular formula is C55H72N2S2. The van der Waals surface area contributed by atoms with E-state index in [1.807, 2.05) is 11.8 Å². The Hall–Kier alpha value is -3.02. The maximum atomic E-state index is 2.69. The lowest BCUT2D eigenvalue weighted by molar-refractivity contribution is 0.186. The number of aryl methyl sites for hydroxylation is 2. The van der Waals surface area contributed by atoms with E-state index < -0.39 is 0 Å². The van der Waals surface area contributed by atoms with E-state index in [1.54, 1.807) is 11.1 Å². The van der Waals surface area contributed by atoms with Crippen molar-refractivity contribution >= 4 is 23.5 Å². The Bertz CT molecular complexity index is 1950. The van der Waals surface area contributed by atoms with Crippen LogP contribution in [0.15, 0.2) is 130 Å². The molecule has 0 radical (unpaired) electrons. The molecule has 0 unspecified atom stereocenters. The number of hydrogen-bond acceptors (Lipinski definition) is 4. The third-order valence-corrected chi connectivity index (χ3v) is 16.6. The fourth-order valence-corrected chi connectivity index (χ4v) is 12.1. The molecule has 0 aromatic heterocycles. The lowest BCUT2D eigenvalue weighted by Gasteiger charge is -2.32. The van der Waals surface area contributed by atoms with Crippen LogP contribution in [0.1, 0.15) is 92.7 Å². The molecule has 0 spiro atoms. The van der Waals surface area contributed by atoms with Crippen molar-refractivity contribution in [1.82, 2.24) is 9.80 Å². The van der Waals surface area contributed by atoms with Crippen molar-refractivity contribution in [3.8, 4) is 0 Å². The molecule has 8 rings (SSSR count). The van der Waals surface area contributed by atoms with Gasteiger partial charge in [0.05, 0.1) is 0 Å². The number of thioether (sulfide) groups is 2. The van der Waals surface area contributed by atoms with Gasteiger partial charge in [-0.05, 0) is 162 Å². The molecule has 59 heavy (non-hydrogen) atoms. The number of hydrogen-bond donors (Lipinski definition) is 0. The molecule has 2 nitrogen and oxygen atoms in total. The van der Waals surface area contributed by atoms with Gasteiger partial charge in [0.25, 0.3) is 0 Å². The highest BCUT2D eigenvalue weighted by Gasteiger charge is 2.25. The summed E-state index contributed by atoms with van der Waals surface area (Å²) >= 11 is 4.11. The number of allylic oxidation sites excluding steroid dienone is 2. The standard InChI is InChI=1S/C28H37NS.C27H35NS/c1-21-11-12-28-27(18-21)20-26(22(2)23(3)30-28)10-7-15-29-16-13-25(14-17-29)19-24-8-5-4-6-9-24;1-21-10-11-27-26(17-21)19-25(22(2)20-29-27)9-6-14-28-15-12-24(13-16-28)18-23-7-4-3-5-8-23/h4-6,8-12,18,22-23,25H,7,13-17,19-20H2,1-3H3;3-5,7-11,17,22,24H,6,12-16,18-20H2,1-2H3/b26-10-;25-9+/t22-,23+;22-/m11/s1. The van der Waals surface area contributed by atoms with E-state index in [4.69, 9.17) is 0 Å². The van der Waals surface area contributed by atoms with Crippen LogP contribution in [-0.2, 0) is 25.7 Å². The monoisotopic (exact) mass is 825 g/mol. The molecular weight excluding hydrogens is 753 g/mol. The SMILES string of the molecule is Cc1ccc2c(c1)C/C(=C/CCN1CCC(Cc3ccccc3)CC1)[C@H](C)[C@H](C)S2.Cc1ccc2c(c1)C/C(=C\CCN1CCC(Cc3ccccc3)CC1)[C@H](C)CS2. The molecule has 4 heterocycles. The molecule has 0 saturated carbocycles. The van der Waals surface area contributed by atoms with Crippen molar-refractivity contribution in [2.75, 3.05) is 45.0 Å². The second-order valence-electron chi connectivity index (χ2n) is 18.5. The average Bonchev–Trinajstić information content (AvgIpc) is 3.47. The molecule has 0 N–H and O–H groups in total. The minimum Gasteiger partial charge on any atom is -0.303 e. The highest BCUT2D eigenvalue weighted by atomic mass is 32.2. The largest absolute Gasteiger partial charge is 0.303 e. The van der Waals surface area contributed by atoms with Crippen LogP contribution in [0.2, 0.25) is 0 Å². The van der Waals surface area contributed by atoms with Crippen molar-refractivity contribution in [3.05, 3.63) is 154 Å². The Morgan fingerprint density at radius 3 is 1.59 bits per heavy atom. The summed E-state index contributed by atoms with van der Waals surface area (Å²) in [5.74, 6) is 4.28. The molecule has 4 aliphatic rings. The number of likely N-dealkylation sites (tertiary alicyclic amines) is 2. The Labute approximate surface area is 367 Å². The molecule has 3 atom stereocenters. The second kappa shape index (κ2) is 22.2. The van der Waals surface area contributed by atoms with Gasteiger partial charge in [-0.25, -0.2) is 0 Å². The average molecular weight is 825 g/mol. The minimum atomic E-state index is 0.647. The predicted molar refractivity (Wildman–Crippen MR) is 258 cm³/mol. The highest BCUT2D eigenvalue weighted by Crippen LogP contribution is 2.40. The van der Waals surface area contributed by atoms with Gasteiger partial charge >= 0.3 is 0 Å². The Morgan fingerprint density at radius 2 is 1.05 bits per heavy atom. The molecule has 314 valence electrons. The molecule has 2 saturated heterocycles. The molecule has 2 fully saturated rings. The minimum absolute atomic E-state index is 0.647. The van der Waals surface area contributed by atoms with Crippen LogP contribution in [0.4, 0.5) is 0 Å². The summed E-state index contributed by atoms with van der Waals surface area (Å²) in [6.45, 7) is 19.2. The molecule has 0 amide bonds. The topological polar surface area (TPSA) is 6.48 Å². The first kappa shape index (κ1) is 44.0. The summed E-state index contributed by atoms with van der Waals surface area (Å²) < 4.78 is 0. The molecule has 4 aliphatic heterocycles. The Kier molecular flexibility index (Phi) is 16.6. The zero-order valence-electron chi connectivity index (χ0n) is 37.0. The van der Waals surface area contributed by atoms with Gasteiger partial charge in [-0.2, -0.15) is 0 Å². The van der Waals surface area contributed by atoms with Crippen LogP contribution in [0.25, 0.3) is 0 Å². The van der Waals surface area contributed by atoms with Crippen molar-refractivity contribution in [3.63, 3.8) is 0 Å². The van der Waals surface area contributed by atoms with Crippen LogP contribution >= 0.6 is 23.5 Å². The number of piperidine rings is 2. The number of nitrogens with zero attached hydrogens (tertiary/aromatic N) is 2. The summed E-state index contributed by atoms with van der Waals surface area (Å²) in [7, 11) is 0. The number of rotatable bonds is 10. The van der Waals surface area contributed by atoms with Gasteiger partial charge in [-0.15, -0.1) is 23.5 Å². The maximum absolute atomic E-state index is 2.69. The third kappa shape index (κ3) is 13.2. The molecule has 4 heteroatoms. The van der Waals surface area contributed by atoms with E-state index >= 15 is 0 Å². The number of fused-ring (bicyclic) bond motifs is 2. The Morgan fingerprint density at radius 1 is 0.576 bits per heavy atom. The van der Waals surface area contributed by atoms with Gasteiger partial charge in [0.2, 0.25) is 0 Å². The summed E-state index contributed by atoms with van der Waals surface area (Å²) in [5, 5.41) is 0.647. The summed E-state index contributed by atoms with van der Waals surface area (Å²) in [6.07, 6.45) is 17.7. The van der Waals surface area contributed by atoms with E-state index in [2.05, 4.69) is 165 Å². The normalized spacial score (nSPS) is 23.5. The smallest absolute Gasteiger partial charge is 0.0129 e. The van der Waals surface area contributed by atoms with Crippen LogP contribution in [0, 0.1) is 37.5 Å². The van der Waals surface area contributed by atoms with Crippen molar-refractivity contribution < 1.29 is 0 Å². The van der Waals surface area contributed by atoms with Crippen LogP contribution < -0.4 is 0 Å². The van der Waals surface area contributed by atoms with Crippen LogP contribution in [0.3, 0.4) is 0 Å². The van der Waals surface area contributed by atoms with Crippen LogP contribution in [-0.4, -0.2) is 60.1 Å². The zero-order valence-corrected chi connectivity index (χ0v) is 38.6. The molecule has 0 aliphatic carbocycles. The zero-order chi connectivity index (χ0) is 41.0. The second-order valence-corrected chi connectivity index (χ2v) is 21.0. The van der Waals surface area contributed by atoms with Crippen molar-refractivity contribution in [1.29, 1.82) is 0 Å². The van der Waals surface area contributed by atoms with Crippen molar-refractivity contribution in [2.24, 2.45) is 23.7 Å². The van der Waals surface area contributed by atoms with E-state index in [0.29, 0.717) is 17.1 Å². The van der Waals surface area contributed by atoms with E-state index in [-0.39, 0.29) is 0 Å². The maximum Gasteiger partial charge on any atom is 0.0129 e. The van der Waals surface area contributed by atoms with Gasteiger partial charge in [0.1, 0.15) is 0 Å².